The Hall–Kier alpha value is -3.60. The van der Waals surface area contributed by atoms with Crippen LogP contribution in [0.15, 0.2) is 73.1 Å². The number of amides is 2. The van der Waals surface area contributed by atoms with E-state index >= 15 is 0 Å². The first-order valence-electron chi connectivity index (χ1n) is 8.61. The van der Waals surface area contributed by atoms with Gasteiger partial charge in [0, 0.05) is 17.7 Å². The van der Waals surface area contributed by atoms with Crippen molar-refractivity contribution in [2.75, 3.05) is 4.90 Å². The molecule has 132 valence electrons. The fraction of sp³-hybridized carbons (Fsp3) is 0.0909. The summed E-state index contributed by atoms with van der Waals surface area (Å²) in [6, 6.07) is 17.2. The van der Waals surface area contributed by atoms with Gasteiger partial charge in [-0.25, -0.2) is 4.90 Å². The van der Waals surface area contributed by atoms with Crippen molar-refractivity contribution in [3.63, 3.8) is 0 Å². The Kier molecular flexibility index (Phi) is 4.12. The number of ketones is 1. The van der Waals surface area contributed by atoms with Crippen LogP contribution in [-0.4, -0.2) is 17.6 Å². The van der Waals surface area contributed by atoms with Crippen LogP contribution in [0.1, 0.15) is 36.6 Å². The van der Waals surface area contributed by atoms with Gasteiger partial charge in [0.15, 0.2) is 12.4 Å². The summed E-state index contributed by atoms with van der Waals surface area (Å²) in [6.07, 6.45) is 3.72. The first-order chi connectivity index (χ1) is 13.0. The van der Waals surface area contributed by atoms with Crippen LogP contribution in [0, 0.1) is 6.92 Å². The lowest BCUT2D eigenvalue weighted by molar-refractivity contribution is -0.683. The normalized spacial score (nSPS) is 13.0. The van der Waals surface area contributed by atoms with Crippen molar-refractivity contribution in [1.82, 2.24) is 0 Å². The smallest absolute Gasteiger partial charge is 0.266 e. The fourth-order valence-electron chi connectivity index (χ4n) is 3.11. The SMILES string of the molecule is Cc1cc[n+](CC(=O)c2ccc(N3C(=O)c4ccccc4C3=O)cc2)cc1. The third-order valence-corrected chi connectivity index (χ3v) is 4.63. The van der Waals surface area contributed by atoms with Gasteiger partial charge < -0.3 is 0 Å². The standard InChI is InChI=1S/C22H17N2O3/c1-15-10-12-23(13-11-15)14-20(25)16-6-8-17(9-7-16)24-21(26)18-4-2-3-5-19(18)22(24)27/h2-13H,14H2,1H3/q+1. The number of rotatable bonds is 4. The average molecular weight is 357 g/mol. The first kappa shape index (κ1) is 16.8. The van der Waals surface area contributed by atoms with E-state index in [-0.39, 0.29) is 24.1 Å². The molecule has 0 bridgehead atoms. The number of hydrogen-bond acceptors (Lipinski definition) is 3. The van der Waals surface area contributed by atoms with Crippen LogP contribution in [0.2, 0.25) is 0 Å². The molecule has 0 saturated carbocycles. The van der Waals surface area contributed by atoms with E-state index < -0.39 is 0 Å². The van der Waals surface area contributed by atoms with Gasteiger partial charge >= 0.3 is 0 Å². The molecule has 1 aromatic heterocycles. The second kappa shape index (κ2) is 6.61. The predicted molar refractivity (Wildman–Crippen MR) is 99.7 cm³/mol. The van der Waals surface area contributed by atoms with E-state index in [0.29, 0.717) is 22.4 Å². The molecular weight excluding hydrogens is 340 g/mol. The van der Waals surface area contributed by atoms with Gasteiger partial charge in [-0.3, -0.25) is 14.4 Å². The lowest BCUT2D eigenvalue weighted by Crippen LogP contribution is -2.37. The summed E-state index contributed by atoms with van der Waals surface area (Å²) in [5.41, 5.74) is 2.92. The molecule has 27 heavy (non-hydrogen) atoms. The second-order valence-corrected chi connectivity index (χ2v) is 6.51. The number of hydrogen-bond donors (Lipinski definition) is 0. The molecule has 1 aliphatic heterocycles. The Morgan fingerprint density at radius 3 is 1.96 bits per heavy atom. The van der Waals surface area contributed by atoms with Crippen LogP contribution >= 0.6 is 0 Å². The Bertz CT molecular complexity index is 1020. The minimum atomic E-state index is -0.343. The Morgan fingerprint density at radius 1 is 0.852 bits per heavy atom. The van der Waals surface area contributed by atoms with Crippen LogP contribution in [-0.2, 0) is 6.54 Å². The molecule has 5 heteroatoms. The zero-order valence-corrected chi connectivity index (χ0v) is 14.8. The van der Waals surface area contributed by atoms with Crippen LogP contribution in [0.3, 0.4) is 0 Å². The van der Waals surface area contributed by atoms with Crippen molar-refractivity contribution in [3.05, 3.63) is 95.3 Å². The number of fused-ring (bicyclic) bond motifs is 1. The second-order valence-electron chi connectivity index (χ2n) is 6.51. The van der Waals surface area contributed by atoms with Crippen molar-refractivity contribution in [1.29, 1.82) is 0 Å². The molecule has 2 aromatic carbocycles. The van der Waals surface area contributed by atoms with Gasteiger partial charge in [-0.05, 0) is 48.9 Å². The molecule has 0 fully saturated rings. The molecule has 0 N–H and O–H groups in total. The zero-order valence-electron chi connectivity index (χ0n) is 14.8. The van der Waals surface area contributed by atoms with E-state index in [1.807, 2.05) is 36.0 Å². The van der Waals surface area contributed by atoms with Gasteiger partial charge in [-0.1, -0.05) is 12.1 Å². The molecule has 0 spiro atoms. The monoisotopic (exact) mass is 357 g/mol. The highest BCUT2D eigenvalue weighted by Crippen LogP contribution is 2.28. The third-order valence-electron chi connectivity index (χ3n) is 4.63. The molecule has 0 atom stereocenters. The molecule has 0 unspecified atom stereocenters. The number of imide groups is 1. The summed E-state index contributed by atoms with van der Waals surface area (Å²) in [7, 11) is 0. The highest BCUT2D eigenvalue weighted by Gasteiger charge is 2.36. The van der Waals surface area contributed by atoms with Crippen LogP contribution in [0.5, 0.6) is 0 Å². The quantitative estimate of drug-likeness (QED) is 0.410. The minimum absolute atomic E-state index is 0.0437. The Balaban J connectivity index is 1.54. The summed E-state index contributed by atoms with van der Waals surface area (Å²) in [5, 5.41) is 0. The number of Topliss-reactive ketones (excluding diaryl/α,β-unsaturated/α-hetero) is 1. The summed E-state index contributed by atoms with van der Waals surface area (Å²) >= 11 is 0. The van der Waals surface area contributed by atoms with E-state index in [0.717, 1.165) is 10.5 Å². The highest BCUT2D eigenvalue weighted by atomic mass is 16.2. The van der Waals surface area contributed by atoms with Crippen molar-refractivity contribution >= 4 is 23.3 Å². The summed E-state index contributed by atoms with van der Waals surface area (Å²) in [5.74, 6) is -0.729. The number of nitrogens with zero attached hydrogens (tertiary/aromatic N) is 2. The van der Waals surface area contributed by atoms with Gasteiger partial charge in [0.2, 0.25) is 12.3 Å². The Morgan fingerprint density at radius 2 is 1.41 bits per heavy atom. The van der Waals surface area contributed by atoms with Crippen molar-refractivity contribution in [3.8, 4) is 0 Å². The summed E-state index contributed by atoms with van der Waals surface area (Å²) in [6.45, 7) is 2.22. The zero-order chi connectivity index (χ0) is 19.0. The molecule has 0 saturated heterocycles. The van der Waals surface area contributed by atoms with Crippen LogP contribution < -0.4 is 9.47 Å². The largest absolute Gasteiger partial charge is 0.287 e. The topological polar surface area (TPSA) is 58.3 Å². The van der Waals surface area contributed by atoms with Gasteiger partial charge in [0.1, 0.15) is 0 Å². The van der Waals surface area contributed by atoms with E-state index in [2.05, 4.69) is 0 Å². The minimum Gasteiger partial charge on any atom is -0.287 e. The number of benzene rings is 2. The first-order valence-corrected chi connectivity index (χ1v) is 8.61. The summed E-state index contributed by atoms with van der Waals surface area (Å²) in [4.78, 5) is 38.7. The molecule has 2 heterocycles. The van der Waals surface area contributed by atoms with Gasteiger partial charge in [-0.15, -0.1) is 0 Å². The van der Waals surface area contributed by atoms with Crippen molar-refractivity contribution in [2.45, 2.75) is 13.5 Å². The molecule has 4 rings (SSSR count). The maximum atomic E-state index is 12.5. The molecular formula is C22H17N2O3+. The van der Waals surface area contributed by atoms with Gasteiger partial charge in [-0.2, -0.15) is 4.57 Å². The van der Waals surface area contributed by atoms with Crippen LogP contribution in [0.25, 0.3) is 0 Å². The number of carbonyl (C=O) groups is 3. The van der Waals surface area contributed by atoms with Crippen molar-refractivity contribution in [2.24, 2.45) is 0 Å². The van der Waals surface area contributed by atoms with E-state index in [1.54, 1.807) is 48.5 Å². The number of aryl methyl sites for hydroxylation is 1. The highest BCUT2D eigenvalue weighted by molar-refractivity contribution is 6.34. The molecule has 2 amide bonds. The van der Waals surface area contributed by atoms with Gasteiger partial charge in [0.05, 0.1) is 16.8 Å². The Labute approximate surface area is 156 Å². The molecule has 3 aromatic rings. The molecule has 0 aliphatic carbocycles. The van der Waals surface area contributed by atoms with Gasteiger partial charge in [0.25, 0.3) is 11.8 Å². The van der Waals surface area contributed by atoms with Crippen molar-refractivity contribution < 1.29 is 19.0 Å². The maximum absolute atomic E-state index is 12.5. The van der Waals surface area contributed by atoms with E-state index in [4.69, 9.17) is 0 Å². The average Bonchev–Trinajstić information content (AvgIpc) is 2.95. The number of anilines is 1. The summed E-state index contributed by atoms with van der Waals surface area (Å²) < 4.78 is 1.81. The number of pyridine rings is 1. The maximum Gasteiger partial charge on any atom is 0.266 e. The number of aromatic nitrogens is 1. The molecule has 0 radical (unpaired) electrons. The molecule has 1 aliphatic rings. The van der Waals surface area contributed by atoms with E-state index in [9.17, 15) is 14.4 Å². The lowest BCUT2D eigenvalue weighted by atomic mass is 10.1. The molecule has 5 nitrogen and oxygen atoms in total. The fourth-order valence-corrected chi connectivity index (χ4v) is 3.11. The predicted octanol–water partition coefficient (Wildman–Crippen LogP) is 2.97. The van der Waals surface area contributed by atoms with E-state index in [1.165, 1.54) is 0 Å². The van der Waals surface area contributed by atoms with Crippen LogP contribution in [0.4, 0.5) is 5.69 Å². The lowest BCUT2D eigenvalue weighted by Gasteiger charge is -2.14. The third kappa shape index (κ3) is 3.04. The number of carbonyl (C=O) groups excluding carboxylic acids is 3.